The van der Waals surface area contributed by atoms with Gasteiger partial charge < -0.3 is 9.64 Å². The summed E-state index contributed by atoms with van der Waals surface area (Å²) in [6.07, 6.45) is 1.56. The molecule has 1 amide bonds. The fourth-order valence-corrected chi connectivity index (χ4v) is 4.91. The Hall–Kier alpha value is -2.59. The van der Waals surface area contributed by atoms with Crippen LogP contribution in [-0.4, -0.2) is 54.8 Å². The highest BCUT2D eigenvalue weighted by atomic mass is 32.2. The Kier molecular flexibility index (Phi) is 4.31. The van der Waals surface area contributed by atoms with E-state index < -0.39 is 22.7 Å². The summed E-state index contributed by atoms with van der Waals surface area (Å²) >= 11 is 0. The lowest BCUT2D eigenvalue weighted by atomic mass is 10.1. The van der Waals surface area contributed by atoms with E-state index in [4.69, 9.17) is 0 Å². The average Bonchev–Trinajstić information content (AvgIpc) is 2.94. The Morgan fingerprint density at radius 3 is 2.78 bits per heavy atom. The highest BCUT2D eigenvalue weighted by Crippen LogP contribution is 2.36. The van der Waals surface area contributed by atoms with Crippen molar-refractivity contribution >= 4 is 15.9 Å². The van der Waals surface area contributed by atoms with Crippen LogP contribution in [0.4, 0.5) is 8.78 Å². The summed E-state index contributed by atoms with van der Waals surface area (Å²) in [5.41, 5.74) is 1.03. The quantitative estimate of drug-likeness (QED) is 0.790. The molecule has 1 aromatic heterocycles. The molecule has 0 aliphatic carbocycles. The van der Waals surface area contributed by atoms with Crippen LogP contribution in [0.3, 0.4) is 0 Å². The molecule has 4 rings (SSSR count). The molecule has 2 aliphatic rings. The third kappa shape index (κ3) is 3.04. The zero-order valence-electron chi connectivity index (χ0n) is 14.0. The van der Waals surface area contributed by atoms with E-state index in [1.165, 1.54) is 22.5 Å². The number of pyridine rings is 1. The van der Waals surface area contributed by atoms with Gasteiger partial charge >= 0.3 is 6.61 Å². The molecule has 0 bridgehead atoms. The number of aromatic nitrogens is 1. The highest BCUT2D eigenvalue weighted by molar-refractivity contribution is 7.89. The number of fused-ring (bicyclic) bond motifs is 3. The number of amides is 1. The van der Waals surface area contributed by atoms with Crippen LogP contribution in [0.15, 0.2) is 47.5 Å². The maximum Gasteiger partial charge on any atom is 0.387 e. The number of piperazine rings is 1. The lowest BCUT2D eigenvalue weighted by molar-refractivity contribution is -0.0500. The molecule has 1 fully saturated rings. The second kappa shape index (κ2) is 6.54. The molecule has 1 atom stereocenters. The van der Waals surface area contributed by atoms with Gasteiger partial charge in [-0.3, -0.25) is 9.78 Å². The van der Waals surface area contributed by atoms with Gasteiger partial charge in [-0.05, 0) is 24.3 Å². The molecule has 142 valence electrons. The number of rotatable bonds is 4. The number of hydrogen-bond acceptors (Lipinski definition) is 5. The number of hydrogen-bond donors (Lipinski definition) is 0. The normalized spacial score (nSPS) is 19.9. The molecule has 3 heterocycles. The van der Waals surface area contributed by atoms with E-state index in [1.54, 1.807) is 23.2 Å². The van der Waals surface area contributed by atoms with E-state index in [0.29, 0.717) is 11.3 Å². The van der Waals surface area contributed by atoms with E-state index in [-0.39, 0.29) is 36.2 Å². The zero-order chi connectivity index (χ0) is 19.2. The Bertz CT molecular complexity index is 999. The summed E-state index contributed by atoms with van der Waals surface area (Å²) in [4.78, 5) is 18.1. The van der Waals surface area contributed by atoms with Gasteiger partial charge in [-0.1, -0.05) is 6.07 Å². The molecule has 1 saturated heterocycles. The predicted octanol–water partition coefficient (Wildman–Crippen LogP) is 1.88. The van der Waals surface area contributed by atoms with E-state index >= 15 is 0 Å². The molecule has 27 heavy (non-hydrogen) atoms. The lowest BCUT2D eigenvalue weighted by Crippen LogP contribution is -2.49. The van der Waals surface area contributed by atoms with Gasteiger partial charge in [0.25, 0.3) is 5.91 Å². The van der Waals surface area contributed by atoms with Crippen molar-refractivity contribution in [3.05, 3.63) is 53.9 Å². The molecule has 0 radical (unpaired) electrons. The number of carbonyl (C=O) groups excluding carboxylic acids is 1. The van der Waals surface area contributed by atoms with E-state index in [0.717, 1.165) is 6.07 Å². The first-order valence-corrected chi connectivity index (χ1v) is 9.63. The molecule has 10 heteroatoms. The minimum absolute atomic E-state index is 0.0536. The third-order valence-electron chi connectivity index (χ3n) is 4.66. The van der Waals surface area contributed by atoms with Gasteiger partial charge in [-0.2, -0.15) is 13.1 Å². The smallest absolute Gasteiger partial charge is 0.387 e. The van der Waals surface area contributed by atoms with Crippen molar-refractivity contribution < 1.29 is 26.7 Å². The maximum atomic E-state index is 13.0. The van der Waals surface area contributed by atoms with Gasteiger partial charge in [0.1, 0.15) is 5.75 Å². The largest absolute Gasteiger partial charge is 0.435 e. The molecule has 0 spiro atoms. The number of nitrogens with zero attached hydrogens (tertiary/aromatic N) is 3. The van der Waals surface area contributed by atoms with Crippen LogP contribution in [0.1, 0.15) is 22.1 Å². The molecule has 1 unspecified atom stereocenters. The van der Waals surface area contributed by atoms with Gasteiger partial charge in [0.2, 0.25) is 10.0 Å². The molecular formula is C17H15F2N3O4S. The SMILES string of the molecule is O=C1c2cccnc2C2CN(S(=O)(=O)c3cccc(OC(F)F)c3)CCN12. The van der Waals surface area contributed by atoms with Gasteiger partial charge in [-0.15, -0.1) is 0 Å². The van der Waals surface area contributed by atoms with Crippen LogP contribution in [-0.2, 0) is 10.0 Å². The standard InChI is InChI=1S/C17H15F2N3O4S/c18-17(19)26-11-3-1-4-12(9-11)27(24,25)21-7-8-22-14(10-21)15-13(16(22)23)5-2-6-20-15/h1-6,9,14,17H,7-8,10H2. The highest BCUT2D eigenvalue weighted by Gasteiger charge is 2.44. The number of alkyl halides is 2. The van der Waals surface area contributed by atoms with Crippen molar-refractivity contribution in [2.24, 2.45) is 0 Å². The van der Waals surface area contributed by atoms with Crippen LogP contribution < -0.4 is 4.74 Å². The molecule has 7 nitrogen and oxygen atoms in total. The van der Waals surface area contributed by atoms with Gasteiger partial charge in [0.15, 0.2) is 0 Å². The molecule has 0 N–H and O–H groups in total. The van der Waals surface area contributed by atoms with Crippen LogP contribution in [0.2, 0.25) is 0 Å². The van der Waals surface area contributed by atoms with Crippen LogP contribution in [0.25, 0.3) is 0 Å². The molecule has 2 aromatic rings. The van der Waals surface area contributed by atoms with Crippen LogP contribution in [0, 0.1) is 0 Å². The zero-order valence-corrected chi connectivity index (χ0v) is 14.8. The molecule has 1 aromatic carbocycles. The minimum Gasteiger partial charge on any atom is -0.435 e. The van der Waals surface area contributed by atoms with Crippen LogP contribution >= 0.6 is 0 Å². The minimum atomic E-state index is -3.94. The van der Waals surface area contributed by atoms with Gasteiger partial charge in [-0.25, -0.2) is 8.42 Å². The van der Waals surface area contributed by atoms with E-state index in [2.05, 4.69) is 9.72 Å². The first-order valence-electron chi connectivity index (χ1n) is 8.19. The van der Waals surface area contributed by atoms with E-state index in [1.807, 2.05) is 0 Å². The topological polar surface area (TPSA) is 79.8 Å². The van der Waals surface area contributed by atoms with Crippen molar-refractivity contribution in [2.45, 2.75) is 17.5 Å². The summed E-state index contributed by atoms with van der Waals surface area (Å²) in [6, 6.07) is 7.88. The fraction of sp³-hybridized carbons (Fsp3) is 0.294. The van der Waals surface area contributed by atoms with Crippen molar-refractivity contribution in [3.8, 4) is 5.75 Å². The summed E-state index contributed by atoms with van der Waals surface area (Å²) < 4.78 is 56.3. The third-order valence-corrected chi connectivity index (χ3v) is 6.52. The predicted molar refractivity (Wildman–Crippen MR) is 89.8 cm³/mol. The molecule has 2 aliphatic heterocycles. The van der Waals surface area contributed by atoms with Crippen molar-refractivity contribution in [1.29, 1.82) is 0 Å². The Labute approximate surface area is 154 Å². The molecular weight excluding hydrogens is 380 g/mol. The Morgan fingerprint density at radius 1 is 1.19 bits per heavy atom. The summed E-state index contributed by atoms with van der Waals surface area (Å²) in [6.45, 7) is -2.65. The van der Waals surface area contributed by atoms with E-state index in [9.17, 15) is 22.0 Å². The fourth-order valence-electron chi connectivity index (χ4n) is 3.43. The Balaban J connectivity index is 1.62. The number of sulfonamides is 1. The number of benzene rings is 1. The number of ether oxygens (including phenoxy) is 1. The second-order valence-electron chi connectivity index (χ2n) is 6.17. The van der Waals surface area contributed by atoms with Crippen LogP contribution in [0.5, 0.6) is 5.75 Å². The summed E-state index contributed by atoms with van der Waals surface area (Å²) in [7, 11) is -3.94. The molecule has 0 saturated carbocycles. The summed E-state index contributed by atoms with van der Waals surface area (Å²) in [5, 5.41) is 0. The number of carbonyl (C=O) groups is 1. The second-order valence-corrected chi connectivity index (χ2v) is 8.10. The lowest BCUT2D eigenvalue weighted by Gasteiger charge is -2.36. The van der Waals surface area contributed by atoms with Crippen molar-refractivity contribution in [3.63, 3.8) is 0 Å². The van der Waals surface area contributed by atoms with Crippen molar-refractivity contribution in [2.75, 3.05) is 19.6 Å². The number of halogens is 2. The summed E-state index contributed by atoms with van der Waals surface area (Å²) in [5.74, 6) is -0.389. The first-order chi connectivity index (χ1) is 12.9. The monoisotopic (exact) mass is 395 g/mol. The van der Waals surface area contributed by atoms with Gasteiger partial charge in [0.05, 0.1) is 22.2 Å². The first kappa shape index (κ1) is 17.8. The maximum absolute atomic E-state index is 13.0. The Morgan fingerprint density at radius 2 is 2.00 bits per heavy atom. The van der Waals surface area contributed by atoms with Crippen molar-refractivity contribution in [1.82, 2.24) is 14.2 Å². The van der Waals surface area contributed by atoms with Gasteiger partial charge in [0, 0.05) is 31.9 Å². The average molecular weight is 395 g/mol.